The number of aromatic nitrogens is 1. The van der Waals surface area contributed by atoms with Gasteiger partial charge in [-0.2, -0.15) is 5.26 Å². The molecule has 1 amide bonds. The molecule has 0 bridgehead atoms. The molecule has 0 saturated heterocycles. The first-order valence-corrected chi connectivity index (χ1v) is 6.29. The van der Waals surface area contributed by atoms with Gasteiger partial charge in [-0.1, -0.05) is 6.07 Å². The number of nitrogens with one attached hydrogen (secondary N) is 1. The highest BCUT2D eigenvalue weighted by Gasteiger charge is 2.11. The van der Waals surface area contributed by atoms with E-state index in [0.29, 0.717) is 23.4 Å². The minimum absolute atomic E-state index is 0.377. The van der Waals surface area contributed by atoms with Crippen LogP contribution >= 0.6 is 0 Å². The molecule has 0 radical (unpaired) electrons. The quantitative estimate of drug-likeness (QED) is 0.434. The van der Waals surface area contributed by atoms with Crippen molar-refractivity contribution in [1.29, 1.82) is 5.26 Å². The summed E-state index contributed by atoms with van der Waals surface area (Å²) in [6.45, 7) is 0.468. The van der Waals surface area contributed by atoms with Gasteiger partial charge in [-0.3, -0.25) is 10.2 Å². The lowest BCUT2D eigenvalue weighted by atomic mass is 10.1. The number of furan rings is 1. The van der Waals surface area contributed by atoms with Crippen molar-refractivity contribution in [3.63, 3.8) is 0 Å². The van der Waals surface area contributed by atoms with E-state index >= 15 is 0 Å². The van der Waals surface area contributed by atoms with Crippen LogP contribution in [0.2, 0.25) is 0 Å². The summed E-state index contributed by atoms with van der Waals surface area (Å²) >= 11 is 0. The topological polar surface area (TPSA) is 97.0 Å². The van der Waals surface area contributed by atoms with Crippen LogP contribution in [0.25, 0.3) is 10.9 Å². The number of hydrogen-bond acceptors (Lipinski definition) is 4. The lowest BCUT2D eigenvalue weighted by Crippen LogP contribution is -2.29. The average molecular weight is 280 g/mol. The number of carbonyl (C=O) groups is 1. The monoisotopic (exact) mass is 280 g/mol. The maximum atomic E-state index is 11.4. The molecule has 3 aromatic rings. The van der Waals surface area contributed by atoms with Crippen molar-refractivity contribution < 1.29 is 9.21 Å². The molecular formula is C15H12N4O2. The van der Waals surface area contributed by atoms with Crippen molar-refractivity contribution in [2.45, 2.75) is 6.54 Å². The summed E-state index contributed by atoms with van der Waals surface area (Å²) in [7, 11) is 0. The number of nitrogen functional groups attached to an aromatic ring is 1. The molecule has 21 heavy (non-hydrogen) atoms. The van der Waals surface area contributed by atoms with Crippen molar-refractivity contribution in [1.82, 2.24) is 9.99 Å². The fraction of sp³-hybridized carbons (Fsp3) is 0.0667. The fourth-order valence-electron chi connectivity index (χ4n) is 2.29. The van der Waals surface area contributed by atoms with Crippen LogP contribution in [0.5, 0.6) is 0 Å². The van der Waals surface area contributed by atoms with E-state index in [4.69, 9.17) is 15.5 Å². The number of fused-ring (bicyclic) bond motifs is 1. The maximum Gasteiger partial charge on any atom is 0.268 e. The second kappa shape index (κ2) is 5.15. The van der Waals surface area contributed by atoms with Gasteiger partial charge in [-0.05, 0) is 24.3 Å². The van der Waals surface area contributed by atoms with E-state index < -0.39 is 5.91 Å². The van der Waals surface area contributed by atoms with Gasteiger partial charge in [0, 0.05) is 17.1 Å². The lowest BCUT2D eigenvalue weighted by molar-refractivity contribution is 0.0953. The molecule has 0 aliphatic rings. The zero-order valence-electron chi connectivity index (χ0n) is 11.0. The van der Waals surface area contributed by atoms with Gasteiger partial charge in [-0.25, -0.2) is 5.84 Å². The first-order valence-electron chi connectivity index (χ1n) is 6.29. The highest BCUT2D eigenvalue weighted by molar-refractivity contribution is 5.93. The molecule has 3 rings (SSSR count). The van der Waals surface area contributed by atoms with E-state index in [1.54, 1.807) is 12.1 Å². The van der Waals surface area contributed by atoms with Gasteiger partial charge in [0.2, 0.25) is 0 Å². The molecule has 0 aliphatic carbocycles. The summed E-state index contributed by atoms with van der Waals surface area (Å²) in [5, 5.41) is 9.99. The molecule has 2 heterocycles. The number of nitriles is 1. The van der Waals surface area contributed by atoms with Crippen LogP contribution in [0.15, 0.2) is 47.2 Å². The van der Waals surface area contributed by atoms with Crippen molar-refractivity contribution >= 4 is 16.8 Å². The summed E-state index contributed by atoms with van der Waals surface area (Å²) in [6.07, 6.45) is 3.25. The molecule has 0 unspecified atom stereocenters. The molecule has 2 aromatic heterocycles. The van der Waals surface area contributed by atoms with Crippen molar-refractivity contribution in [3.05, 3.63) is 59.7 Å². The number of amides is 1. The zero-order chi connectivity index (χ0) is 14.8. The SMILES string of the molecule is N#Cc1cccc2c1ccn2Cc1cc(C(=O)NN)co1. The zero-order valence-corrected chi connectivity index (χ0v) is 11.0. The Bertz CT molecular complexity index is 854. The van der Waals surface area contributed by atoms with Crippen molar-refractivity contribution in [3.8, 4) is 6.07 Å². The molecule has 104 valence electrons. The van der Waals surface area contributed by atoms with E-state index in [1.165, 1.54) is 6.26 Å². The molecule has 6 heteroatoms. The van der Waals surface area contributed by atoms with Crippen LogP contribution < -0.4 is 11.3 Å². The number of rotatable bonds is 3. The molecule has 0 fully saturated rings. The number of hydrogen-bond donors (Lipinski definition) is 2. The minimum Gasteiger partial charge on any atom is -0.467 e. The fourth-order valence-corrected chi connectivity index (χ4v) is 2.29. The summed E-state index contributed by atoms with van der Waals surface area (Å²) < 4.78 is 7.32. The summed E-state index contributed by atoms with van der Waals surface area (Å²) in [5.41, 5.74) is 4.01. The molecular weight excluding hydrogens is 268 g/mol. The maximum absolute atomic E-state index is 11.4. The molecule has 3 N–H and O–H groups in total. The first-order chi connectivity index (χ1) is 10.2. The third-order valence-electron chi connectivity index (χ3n) is 3.31. The third-order valence-corrected chi connectivity index (χ3v) is 3.31. The van der Waals surface area contributed by atoms with Gasteiger partial charge in [0.25, 0.3) is 5.91 Å². The van der Waals surface area contributed by atoms with Gasteiger partial charge in [0.15, 0.2) is 0 Å². The Labute approximate surface area is 120 Å². The third kappa shape index (κ3) is 2.26. The Balaban J connectivity index is 1.94. The average Bonchev–Trinajstić information content (AvgIpc) is 3.14. The Hall–Kier alpha value is -3.04. The summed E-state index contributed by atoms with van der Waals surface area (Å²) in [4.78, 5) is 11.4. The number of nitrogens with zero attached hydrogens (tertiary/aromatic N) is 2. The second-order valence-corrected chi connectivity index (χ2v) is 4.57. The molecule has 0 atom stereocenters. The van der Waals surface area contributed by atoms with Crippen LogP contribution in [-0.2, 0) is 6.54 Å². The highest BCUT2D eigenvalue weighted by atomic mass is 16.3. The predicted molar refractivity (Wildman–Crippen MR) is 76.1 cm³/mol. The Morgan fingerprint density at radius 1 is 1.43 bits per heavy atom. The summed E-state index contributed by atoms with van der Waals surface area (Å²) in [5.74, 6) is 5.32. The second-order valence-electron chi connectivity index (χ2n) is 4.57. The molecule has 0 saturated carbocycles. The lowest BCUT2D eigenvalue weighted by Gasteiger charge is -2.03. The van der Waals surface area contributed by atoms with Crippen LogP contribution in [0, 0.1) is 11.3 Å². The van der Waals surface area contributed by atoms with E-state index in [1.807, 2.05) is 29.0 Å². The number of hydrazine groups is 1. The predicted octanol–water partition coefficient (Wildman–Crippen LogP) is 1.76. The van der Waals surface area contributed by atoms with Gasteiger partial charge >= 0.3 is 0 Å². The smallest absolute Gasteiger partial charge is 0.268 e. The molecule has 0 spiro atoms. The van der Waals surface area contributed by atoms with Crippen LogP contribution in [0.1, 0.15) is 21.7 Å². The Kier molecular flexibility index (Phi) is 3.18. The van der Waals surface area contributed by atoms with Crippen molar-refractivity contribution in [2.75, 3.05) is 0 Å². The van der Waals surface area contributed by atoms with E-state index in [-0.39, 0.29) is 0 Å². The van der Waals surface area contributed by atoms with Crippen molar-refractivity contribution in [2.24, 2.45) is 5.84 Å². The normalized spacial score (nSPS) is 10.5. The largest absolute Gasteiger partial charge is 0.467 e. The van der Waals surface area contributed by atoms with Crippen LogP contribution in [0.4, 0.5) is 0 Å². The van der Waals surface area contributed by atoms with Gasteiger partial charge in [-0.15, -0.1) is 0 Å². The van der Waals surface area contributed by atoms with Gasteiger partial charge in [0.05, 0.1) is 23.7 Å². The standard InChI is InChI=1S/C15H12N4O2/c16-7-10-2-1-3-14-13(10)4-5-19(14)8-12-6-11(9-21-12)15(20)18-17/h1-6,9H,8,17H2,(H,18,20). The van der Waals surface area contributed by atoms with E-state index in [9.17, 15) is 4.79 Å². The minimum atomic E-state index is -0.394. The van der Waals surface area contributed by atoms with Gasteiger partial charge < -0.3 is 8.98 Å². The first kappa shape index (κ1) is 13.0. The van der Waals surface area contributed by atoms with Gasteiger partial charge in [0.1, 0.15) is 12.0 Å². The Morgan fingerprint density at radius 3 is 3.05 bits per heavy atom. The van der Waals surface area contributed by atoms with E-state index in [0.717, 1.165) is 10.9 Å². The van der Waals surface area contributed by atoms with Crippen LogP contribution in [-0.4, -0.2) is 10.5 Å². The molecule has 1 aromatic carbocycles. The highest BCUT2D eigenvalue weighted by Crippen LogP contribution is 2.21. The van der Waals surface area contributed by atoms with Crippen LogP contribution in [0.3, 0.4) is 0 Å². The molecule has 0 aliphatic heterocycles. The van der Waals surface area contributed by atoms with E-state index in [2.05, 4.69) is 11.5 Å². The number of benzene rings is 1. The summed E-state index contributed by atoms with van der Waals surface area (Å²) in [6, 6.07) is 11.3. The Morgan fingerprint density at radius 2 is 2.29 bits per heavy atom. The molecule has 6 nitrogen and oxygen atoms in total. The number of nitrogens with two attached hydrogens (primary N) is 1. The number of carbonyl (C=O) groups excluding carboxylic acids is 1.